The minimum absolute atomic E-state index is 0.165. The van der Waals surface area contributed by atoms with Crippen molar-refractivity contribution in [2.75, 3.05) is 23.3 Å². The number of amides is 1. The number of nitrogens with one attached hydrogen (secondary N) is 1. The minimum atomic E-state index is -0.588. The van der Waals surface area contributed by atoms with Gasteiger partial charge in [0.15, 0.2) is 0 Å². The smallest absolute Gasteiger partial charge is 0.316 e. The third-order valence-corrected chi connectivity index (χ3v) is 6.39. The van der Waals surface area contributed by atoms with Crippen molar-refractivity contribution >= 4 is 39.7 Å². The Morgan fingerprint density at radius 2 is 1.64 bits per heavy atom. The van der Waals surface area contributed by atoms with Gasteiger partial charge >= 0.3 is 11.1 Å². The van der Waals surface area contributed by atoms with Crippen molar-refractivity contribution in [3.63, 3.8) is 0 Å². The summed E-state index contributed by atoms with van der Waals surface area (Å²) < 4.78 is 2.73. The lowest BCUT2D eigenvalue weighted by Crippen LogP contribution is -2.39. The van der Waals surface area contributed by atoms with Crippen molar-refractivity contribution in [2.45, 2.75) is 19.8 Å². The molecule has 1 saturated heterocycles. The predicted octanol–water partition coefficient (Wildman–Crippen LogP) is 2.46. The largest absolute Gasteiger partial charge is 0.370 e. The molecule has 28 heavy (non-hydrogen) atoms. The van der Waals surface area contributed by atoms with Gasteiger partial charge in [-0.2, -0.15) is 0 Å². The molecule has 1 aliphatic rings. The van der Waals surface area contributed by atoms with Crippen LogP contribution in [0.2, 0.25) is 0 Å². The summed E-state index contributed by atoms with van der Waals surface area (Å²) in [6.45, 7) is 3.70. The van der Waals surface area contributed by atoms with Gasteiger partial charge in [-0.15, -0.1) is 11.3 Å². The van der Waals surface area contributed by atoms with Crippen molar-refractivity contribution < 1.29 is 4.79 Å². The Balaban J connectivity index is 1.91. The van der Waals surface area contributed by atoms with Crippen LogP contribution in [0.15, 0.2) is 33.2 Å². The SMILES string of the molecule is Cc1ccsc1C(=O)Nc1cc2c(cc1N1CCCC1)n(C)c(=O)c(=O)n2C. The zero-order valence-electron chi connectivity index (χ0n) is 16.1. The second-order valence-electron chi connectivity index (χ2n) is 7.17. The van der Waals surface area contributed by atoms with Gasteiger partial charge in [-0.05, 0) is 48.9 Å². The van der Waals surface area contributed by atoms with E-state index in [-0.39, 0.29) is 5.91 Å². The summed E-state index contributed by atoms with van der Waals surface area (Å²) in [5.74, 6) is -0.165. The summed E-state index contributed by atoms with van der Waals surface area (Å²) in [5, 5.41) is 4.92. The molecular weight excluding hydrogens is 376 g/mol. The molecule has 4 rings (SSSR count). The van der Waals surface area contributed by atoms with Crippen molar-refractivity contribution in [1.82, 2.24) is 9.13 Å². The molecule has 3 heterocycles. The number of hydrogen-bond acceptors (Lipinski definition) is 5. The summed E-state index contributed by atoms with van der Waals surface area (Å²) in [7, 11) is 3.18. The molecular formula is C20H22N4O3S. The van der Waals surface area contributed by atoms with Crippen LogP contribution in [0, 0.1) is 6.92 Å². The Kier molecular flexibility index (Phi) is 4.58. The van der Waals surface area contributed by atoms with E-state index in [0.29, 0.717) is 21.6 Å². The lowest BCUT2D eigenvalue weighted by Gasteiger charge is -2.23. The third-order valence-electron chi connectivity index (χ3n) is 5.37. The minimum Gasteiger partial charge on any atom is -0.370 e. The van der Waals surface area contributed by atoms with E-state index >= 15 is 0 Å². The molecule has 146 valence electrons. The molecule has 1 N–H and O–H groups in total. The first-order valence-electron chi connectivity index (χ1n) is 9.22. The second kappa shape index (κ2) is 6.94. The van der Waals surface area contributed by atoms with Crippen LogP contribution in [0.4, 0.5) is 11.4 Å². The van der Waals surface area contributed by atoms with Crippen LogP contribution < -0.4 is 21.3 Å². The molecule has 0 unspecified atom stereocenters. The normalized spacial score (nSPS) is 14.0. The van der Waals surface area contributed by atoms with Gasteiger partial charge in [0.05, 0.1) is 27.3 Å². The number of aryl methyl sites for hydroxylation is 3. The fourth-order valence-electron chi connectivity index (χ4n) is 3.71. The maximum Gasteiger partial charge on any atom is 0.316 e. The maximum absolute atomic E-state index is 12.8. The predicted molar refractivity (Wildman–Crippen MR) is 113 cm³/mol. The lowest BCUT2D eigenvalue weighted by atomic mass is 10.2. The van der Waals surface area contributed by atoms with Crippen LogP contribution >= 0.6 is 11.3 Å². The molecule has 0 spiro atoms. The highest BCUT2D eigenvalue weighted by Gasteiger charge is 2.21. The average molecular weight is 398 g/mol. The molecule has 0 atom stereocenters. The second-order valence-corrected chi connectivity index (χ2v) is 8.08. The molecule has 1 aliphatic heterocycles. The van der Waals surface area contributed by atoms with Gasteiger partial charge in [-0.1, -0.05) is 0 Å². The number of benzene rings is 1. The molecule has 1 aromatic carbocycles. The molecule has 7 nitrogen and oxygen atoms in total. The topological polar surface area (TPSA) is 76.3 Å². The number of hydrogen-bond donors (Lipinski definition) is 1. The van der Waals surface area contributed by atoms with Crippen LogP contribution in [0.25, 0.3) is 11.0 Å². The van der Waals surface area contributed by atoms with Crippen LogP contribution in [0.3, 0.4) is 0 Å². The van der Waals surface area contributed by atoms with Crippen LogP contribution in [-0.4, -0.2) is 28.1 Å². The van der Waals surface area contributed by atoms with E-state index in [1.165, 1.54) is 20.5 Å². The van der Waals surface area contributed by atoms with Crippen molar-refractivity contribution in [3.05, 3.63) is 54.7 Å². The Morgan fingerprint density at radius 3 is 2.21 bits per heavy atom. The summed E-state index contributed by atoms with van der Waals surface area (Å²) in [6, 6.07) is 5.61. The molecule has 1 amide bonds. The van der Waals surface area contributed by atoms with Gasteiger partial charge in [-0.25, -0.2) is 0 Å². The Labute approximate surface area is 165 Å². The lowest BCUT2D eigenvalue weighted by molar-refractivity contribution is 0.103. The number of nitrogens with zero attached hydrogens (tertiary/aromatic N) is 3. The van der Waals surface area contributed by atoms with E-state index in [0.717, 1.165) is 37.2 Å². The van der Waals surface area contributed by atoms with E-state index in [2.05, 4.69) is 10.2 Å². The van der Waals surface area contributed by atoms with Crippen molar-refractivity contribution in [1.29, 1.82) is 0 Å². The Bertz CT molecular complexity index is 1200. The van der Waals surface area contributed by atoms with E-state index in [1.807, 2.05) is 24.4 Å². The van der Waals surface area contributed by atoms with E-state index < -0.39 is 11.1 Å². The standard InChI is InChI=1S/C20H22N4O3S/c1-12-6-9-28-17(12)18(25)21-13-10-15-16(11-14(13)24-7-4-5-8-24)23(3)20(27)19(26)22(15)2/h6,9-11H,4-5,7-8H2,1-3H3,(H,21,25). The third kappa shape index (κ3) is 2.93. The number of thiophene rings is 1. The zero-order valence-corrected chi connectivity index (χ0v) is 16.9. The van der Waals surface area contributed by atoms with Crippen LogP contribution in [0.1, 0.15) is 28.1 Å². The number of anilines is 2. The van der Waals surface area contributed by atoms with Gasteiger partial charge in [0.2, 0.25) is 0 Å². The number of carbonyl (C=O) groups is 1. The number of carbonyl (C=O) groups excluding carboxylic acids is 1. The number of aromatic nitrogens is 2. The van der Waals surface area contributed by atoms with Gasteiger partial charge < -0.3 is 19.4 Å². The highest BCUT2D eigenvalue weighted by Crippen LogP contribution is 2.33. The number of rotatable bonds is 3. The van der Waals surface area contributed by atoms with Crippen molar-refractivity contribution in [2.24, 2.45) is 14.1 Å². The van der Waals surface area contributed by atoms with E-state index in [1.54, 1.807) is 20.2 Å². The van der Waals surface area contributed by atoms with Gasteiger partial charge in [0.25, 0.3) is 5.91 Å². The van der Waals surface area contributed by atoms with Gasteiger partial charge in [-0.3, -0.25) is 14.4 Å². The summed E-state index contributed by atoms with van der Waals surface area (Å²) in [6.07, 6.45) is 2.17. The molecule has 3 aromatic rings. The zero-order chi connectivity index (χ0) is 20.0. The first-order chi connectivity index (χ1) is 13.4. The van der Waals surface area contributed by atoms with Crippen molar-refractivity contribution in [3.8, 4) is 0 Å². The highest BCUT2D eigenvalue weighted by molar-refractivity contribution is 7.12. The van der Waals surface area contributed by atoms with Gasteiger partial charge in [0, 0.05) is 27.2 Å². The molecule has 0 bridgehead atoms. The van der Waals surface area contributed by atoms with E-state index in [4.69, 9.17) is 0 Å². The number of fused-ring (bicyclic) bond motifs is 1. The highest BCUT2D eigenvalue weighted by atomic mass is 32.1. The summed E-state index contributed by atoms with van der Waals surface area (Å²) in [5.41, 5.74) is 2.58. The first-order valence-corrected chi connectivity index (χ1v) is 10.1. The molecule has 2 aromatic heterocycles. The fourth-order valence-corrected chi connectivity index (χ4v) is 4.53. The quantitative estimate of drug-likeness (QED) is 0.688. The molecule has 8 heteroatoms. The summed E-state index contributed by atoms with van der Waals surface area (Å²) in [4.78, 5) is 40.2. The van der Waals surface area contributed by atoms with E-state index in [9.17, 15) is 14.4 Å². The maximum atomic E-state index is 12.8. The van der Waals surface area contributed by atoms with Gasteiger partial charge in [0.1, 0.15) is 0 Å². The Morgan fingerprint density at radius 1 is 1.04 bits per heavy atom. The monoisotopic (exact) mass is 398 g/mol. The summed E-state index contributed by atoms with van der Waals surface area (Å²) >= 11 is 1.40. The first kappa shape index (κ1) is 18.5. The Hall–Kier alpha value is -2.87. The molecule has 0 aliphatic carbocycles. The fraction of sp³-hybridized carbons (Fsp3) is 0.350. The molecule has 1 fully saturated rings. The van der Waals surface area contributed by atoms with Crippen LogP contribution in [0.5, 0.6) is 0 Å². The molecule has 0 saturated carbocycles. The molecule has 0 radical (unpaired) electrons. The van der Waals surface area contributed by atoms with Crippen LogP contribution in [-0.2, 0) is 14.1 Å². The average Bonchev–Trinajstić information content (AvgIpc) is 3.36.